The molecule has 1 aliphatic rings. The number of amides is 1. The minimum atomic E-state index is -0.578. The van der Waals surface area contributed by atoms with Crippen molar-refractivity contribution < 1.29 is 9.18 Å². The first-order valence-electron chi connectivity index (χ1n) is 5.64. The van der Waals surface area contributed by atoms with E-state index in [0.29, 0.717) is 6.54 Å². The molecule has 0 aromatic heterocycles. The smallest absolute Gasteiger partial charge is 0.228 e. The van der Waals surface area contributed by atoms with Gasteiger partial charge in [0.05, 0.1) is 16.6 Å². The van der Waals surface area contributed by atoms with Crippen LogP contribution in [0.5, 0.6) is 0 Å². The van der Waals surface area contributed by atoms with Gasteiger partial charge >= 0.3 is 0 Å². The van der Waals surface area contributed by atoms with Gasteiger partial charge in [0.15, 0.2) is 5.82 Å². The van der Waals surface area contributed by atoms with Crippen LogP contribution in [0.25, 0.3) is 0 Å². The molecule has 0 aliphatic carbocycles. The van der Waals surface area contributed by atoms with Gasteiger partial charge in [-0.2, -0.15) is 0 Å². The molecule has 2 rings (SSSR count). The Morgan fingerprint density at radius 3 is 3.06 bits per heavy atom. The van der Waals surface area contributed by atoms with E-state index in [0.717, 1.165) is 19.4 Å². The second-order valence-electron chi connectivity index (χ2n) is 4.13. The molecule has 0 spiro atoms. The van der Waals surface area contributed by atoms with E-state index in [1.807, 2.05) is 0 Å². The summed E-state index contributed by atoms with van der Waals surface area (Å²) in [6.45, 7) is 1.59. The number of carbonyl (C=O) groups is 1. The number of anilines is 1. The molecule has 1 unspecified atom stereocenters. The molecular formula is C12H14ClFN2O. The molecule has 1 aromatic carbocycles. The van der Waals surface area contributed by atoms with Crippen molar-refractivity contribution in [1.29, 1.82) is 0 Å². The summed E-state index contributed by atoms with van der Waals surface area (Å²) in [5.41, 5.74) is 0.146. The van der Waals surface area contributed by atoms with Crippen LogP contribution >= 0.6 is 11.6 Å². The van der Waals surface area contributed by atoms with E-state index < -0.39 is 5.82 Å². The molecule has 1 saturated heterocycles. The summed E-state index contributed by atoms with van der Waals surface area (Å²) in [4.78, 5) is 11.9. The maximum atomic E-state index is 13.6. The van der Waals surface area contributed by atoms with Gasteiger partial charge in [-0.25, -0.2) is 4.39 Å². The molecule has 3 nitrogen and oxygen atoms in total. The molecule has 2 N–H and O–H groups in total. The highest BCUT2D eigenvalue weighted by Gasteiger charge is 2.21. The molecule has 5 heteroatoms. The predicted molar refractivity (Wildman–Crippen MR) is 65.6 cm³/mol. The highest BCUT2D eigenvalue weighted by atomic mass is 35.5. The van der Waals surface area contributed by atoms with E-state index in [9.17, 15) is 9.18 Å². The largest absolute Gasteiger partial charge is 0.323 e. The van der Waals surface area contributed by atoms with Crippen LogP contribution in [0.3, 0.4) is 0 Å². The molecule has 1 aromatic rings. The molecule has 0 radical (unpaired) electrons. The minimum absolute atomic E-state index is 0.0181. The minimum Gasteiger partial charge on any atom is -0.323 e. The Kier molecular flexibility index (Phi) is 3.97. The van der Waals surface area contributed by atoms with Crippen molar-refractivity contribution in [2.75, 3.05) is 18.4 Å². The Morgan fingerprint density at radius 1 is 1.53 bits per heavy atom. The lowest BCUT2D eigenvalue weighted by molar-refractivity contribution is -0.120. The summed E-state index contributed by atoms with van der Waals surface area (Å²) in [7, 11) is 0. The molecule has 1 heterocycles. The third-order valence-corrected chi connectivity index (χ3v) is 3.17. The number of halogens is 2. The van der Waals surface area contributed by atoms with Crippen LogP contribution in [0, 0.1) is 11.7 Å². The zero-order valence-electron chi connectivity index (χ0n) is 9.30. The van der Waals surface area contributed by atoms with E-state index in [1.54, 1.807) is 6.07 Å². The first-order chi connectivity index (χ1) is 8.18. The summed E-state index contributed by atoms with van der Waals surface area (Å²) in [5.74, 6) is -0.827. The second kappa shape index (κ2) is 5.47. The molecule has 17 heavy (non-hydrogen) atoms. The van der Waals surface area contributed by atoms with Crippen LogP contribution in [0.2, 0.25) is 5.02 Å². The van der Waals surface area contributed by atoms with Gasteiger partial charge in [-0.05, 0) is 31.5 Å². The van der Waals surface area contributed by atoms with E-state index in [1.165, 1.54) is 12.1 Å². The zero-order chi connectivity index (χ0) is 12.3. The summed E-state index contributed by atoms with van der Waals surface area (Å²) in [5, 5.41) is 5.75. The SMILES string of the molecule is O=C(Nc1cccc(Cl)c1F)C1CCCNC1. The molecular weight excluding hydrogens is 243 g/mol. The third-order valence-electron chi connectivity index (χ3n) is 2.88. The zero-order valence-corrected chi connectivity index (χ0v) is 10.1. The van der Waals surface area contributed by atoms with Crippen molar-refractivity contribution in [3.8, 4) is 0 Å². The van der Waals surface area contributed by atoms with E-state index in [-0.39, 0.29) is 22.5 Å². The highest BCUT2D eigenvalue weighted by Crippen LogP contribution is 2.23. The Hall–Kier alpha value is -1.13. The molecule has 0 saturated carbocycles. The van der Waals surface area contributed by atoms with Crippen molar-refractivity contribution in [1.82, 2.24) is 5.32 Å². The van der Waals surface area contributed by atoms with Crippen LogP contribution in [-0.2, 0) is 4.79 Å². The normalized spacial score (nSPS) is 20.0. The number of nitrogens with one attached hydrogen (secondary N) is 2. The van der Waals surface area contributed by atoms with Gasteiger partial charge in [-0.3, -0.25) is 4.79 Å². The van der Waals surface area contributed by atoms with Crippen LogP contribution in [0.15, 0.2) is 18.2 Å². The number of hydrogen-bond donors (Lipinski definition) is 2. The monoisotopic (exact) mass is 256 g/mol. The standard InChI is InChI=1S/C12H14ClFN2O/c13-9-4-1-5-10(11(9)14)16-12(17)8-3-2-6-15-7-8/h1,4-5,8,15H,2-3,6-7H2,(H,16,17). The van der Waals surface area contributed by atoms with Gasteiger partial charge in [0, 0.05) is 6.54 Å². The van der Waals surface area contributed by atoms with E-state index in [2.05, 4.69) is 10.6 Å². The van der Waals surface area contributed by atoms with Crippen molar-refractivity contribution in [3.63, 3.8) is 0 Å². The summed E-state index contributed by atoms with van der Waals surface area (Å²) in [6.07, 6.45) is 1.80. The van der Waals surface area contributed by atoms with Gasteiger partial charge in [0.25, 0.3) is 0 Å². The summed E-state index contributed by atoms with van der Waals surface area (Å²) >= 11 is 5.64. The molecule has 1 aliphatic heterocycles. The average Bonchev–Trinajstić information content (AvgIpc) is 2.36. The maximum Gasteiger partial charge on any atom is 0.228 e. The van der Waals surface area contributed by atoms with Crippen LogP contribution in [-0.4, -0.2) is 19.0 Å². The number of carbonyl (C=O) groups excluding carboxylic acids is 1. The number of benzene rings is 1. The average molecular weight is 257 g/mol. The fourth-order valence-corrected chi connectivity index (χ4v) is 2.09. The fraction of sp³-hybridized carbons (Fsp3) is 0.417. The Balaban J connectivity index is 2.04. The number of rotatable bonds is 2. The molecule has 1 amide bonds. The van der Waals surface area contributed by atoms with E-state index >= 15 is 0 Å². The first-order valence-corrected chi connectivity index (χ1v) is 6.02. The van der Waals surface area contributed by atoms with Gasteiger partial charge in [0.1, 0.15) is 0 Å². The lowest BCUT2D eigenvalue weighted by Gasteiger charge is -2.22. The van der Waals surface area contributed by atoms with Crippen molar-refractivity contribution in [3.05, 3.63) is 29.0 Å². The molecule has 1 atom stereocenters. The van der Waals surface area contributed by atoms with Gasteiger partial charge in [-0.15, -0.1) is 0 Å². The topological polar surface area (TPSA) is 41.1 Å². The Labute approximate surface area is 104 Å². The maximum absolute atomic E-state index is 13.6. The molecule has 0 bridgehead atoms. The van der Waals surface area contributed by atoms with Gasteiger partial charge in [0.2, 0.25) is 5.91 Å². The van der Waals surface area contributed by atoms with Crippen molar-refractivity contribution in [2.24, 2.45) is 5.92 Å². The first kappa shape index (κ1) is 12.3. The summed E-state index contributed by atoms with van der Waals surface area (Å²) < 4.78 is 13.6. The number of piperidine rings is 1. The summed E-state index contributed by atoms with van der Waals surface area (Å²) in [6, 6.07) is 4.57. The lowest BCUT2D eigenvalue weighted by atomic mass is 9.99. The Bertz CT molecular complexity index is 419. The van der Waals surface area contributed by atoms with Crippen LogP contribution in [0.4, 0.5) is 10.1 Å². The quantitative estimate of drug-likeness (QED) is 0.853. The Morgan fingerprint density at radius 2 is 2.35 bits per heavy atom. The highest BCUT2D eigenvalue weighted by molar-refractivity contribution is 6.31. The van der Waals surface area contributed by atoms with Crippen molar-refractivity contribution >= 4 is 23.2 Å². The second-order valence-corrected chi connectivity index (χ2v) is 4.54. The molecule has 1 fully saturated rings. The van der Waals surface area contributed by atoms with Gasteiger partial charge < -0.3 is 10.6 Å². The lowest BCUT2D eigenvalue weighted by Crippen LogP contribution is -2.37. The third kappa shape index (κ3) is 2.96. The van der Waals surface area contributed by atoms with Crippen LogP contribution in [0.1, 0.15) is 12.8 Å². The number of hydrogen-bond acceptors (Lipinski definition) is 2. The molecule has 92 valence electrons. The fourth-order valence-electron chi connectivity index (χ4n) is 1.91. The van der Waals surface area contributed by atoms with E-state index in [4.69, 9.17) is 11.6 Å². The van der Waals surface area contributed by atoms with Gasteiger partial charge in [-0.1, -0.05) is 17.7 Å². The van der Waals surface area contributed by atoms with Crippen molar-refractivity contribution in [2.45, 2.75) is 12.8 Å². The predicted octanol–water partition coefficient (Wildman–Crippen LogP) is 2.42. The van der Waals surface area contributed by atoms with Crippen LogP contribution < -0.4 is 10.6 Å².